The molecule has 2 aliphatic heterocycles. The van der Waals surface area contributed by atoms with Crippen molar-refractivity contribution < 1.29 is 21.6 Å². The third-order valence-corrected chi connectivity index (χ3v) is 8.25. The van der Waals surface area contributed by atoms with E-state index in [1.54, 1.807) is 29.2 Å². The summed E-state index contributed by atoms with van der Waals surface area (Å²) < 4.78 is 51.5. The molecule has 2 aliphatic rings. The molecule has 0 saturated carbocycles. The Hall–Kier alpha value is -1.97. The van der Waals surface area contributed by atoms with Crippen molar-refractivity contribution in [2.45, 2.75) is 24.3 Å². The number of nitrogens with one attached hydrogen (secondary N) is 1. The van der Waals surface area contributed by atoms with Crippen LogP contribution in [0, 0.1) is 0 Å². The van der Waals surface area contributed by atoms with E-state index < -0.39 is 25.9 Å². The van der Waals surface area contributed by atoms with Gasteiger partial charge in [0.25, 0.3) is 5.91 Å². The quantitative estimate of drug-likeness (QED) is 0.842. The first-order chi connectivity index (χ1) is 12.2. The van der Waals surface area contributed by atoms with Gasteiger partial charge in [-0.3, -0.25) is 4.79 Å². The van der Waals surface area contributed by atoms with Crippen molar-refractivity contribution in [1.82, 2.24) is 4.72 Å². The van der Waals surface area contributed by atoms with Crippen LogP contribution < -0.4 is 9.62 Å². The predicted octanol–water partition coefficient (Wildman–Crippen LogP) is 1.29. The summed E-state index contributed by atoms with van der Waals surface area (Å²) >= 11 is 0. The fraction of sp³-hybridized carbons (Fsp3) is 0.353. The minimum atomic E-state index is -3.91. The molecule has 7 nitrogen and oxygen atoms in total. The normalized spacial score (nSPS) is 21.7. The molecule has 9 heteroatoms. The molecule has 1 amide bonds. The van der Waals surface area contributed by atoms with E-state index in [-0.39, 0.29) is 28.7 Å². The van der Waals surface area contributed by atoms with Gasteiger partial charge >= 0.3 is 0 Å². The van der Waals surface area contributed by atoms with Crippen molar-refractivity contribution in [3.05, 3.63) is 35.9 Å². The number of benzene rings is 2. The van der Waals surface area contributed by atoms with E-state index in [9.17, 15) is 21.6 Å². The summed E-state index contributed by atoms with van der Waals surface area (Å²) in [4.78, 5) is 14.2. The second kappa shape index (κ2) is 5.77. The van der Waals surface area contributed by atoms with Gasteiger partial charge in [-0.05, 0) is 31.5 Å². The Morgan fingerprint density at radius 2 is 2.00 bits per heavy atom. The number of amides is 1. The van der Waals surface area contributed by atoms with Crippen LogP contribution in [-0.2, 0) is 19.9 Å². The zero-order valence-electron chi connectivity index (χ0n) is 14.1. The van der Waals surface area contributed by atoms with Gasteiger partial charge in [-0.1, -0.05) is 12.1 Å². The van der Waals surface area contributed by atoms with Gasteiger partial charge in [0.15, 0.2) is 9.84 Å². The van der Waals surface area contributed by atoms with E-state index in [0.717, 1.165) is 0 Å². The number of sulfone groups is 1. The summed E-state index contributed by atoms with van der Waals surface area (Å²) in [5.74, 6) is -0.336. The average molecular weight is 394 g/mol. The highest BCUT2D eigenvalue weighted by molar-refractivity contribution is 7.92. The molecular formula is C17H18N2O5S2. The maximum absolute atomic E-state index is 12.9. The summed E-state index contributed by atoms with van der Waals surface area (Å²) in [5, 5.41) is 1.10. The molecule has 0 aromatic heterocycles. The molecule has 2 aromatic rings. The largest absolute Gasteiger partial charge is 0.308 e. The summed E-state index contributed by atoms with van der Waals surface area (Å²) in [6.45, 7) is 2.36. The highest BCUT2D eigenvalue weighted by Crippen LogP contribution is 2.40. The number of carbonyl (C=O) groups is 1. The number of hydrogen-bond acceptors (Lipinski definition) is 5. The van der Waals surface area contributed by atoms with Gasteiger partial charge in [0.05, 0.1) is 22.1 Å². The minimum Gasteiger partial charge on any atom is -0.308 e. The number of carbonyl (C=O) groups excluding carboxylic acids is 1. The maximum Gasteiger partial charge on any atom is 0.258 e. The van der Waals surface area contributed by atoms with Crippen LogP contribution in [0.3, 0.4) is 0 Å². The Labute approximate surface area is 152 Å². The minimum absolute atomic E-state index is 0.00994. The number of sulfonamides is 1. The van der Waals surface area contributed by atoms with Crippen molar-refractivity contribution in [1.29, 1.82) is 0 Å². The zero-order chi connectivity index (χ0) is 18.7. The van der Waals surface area contributed by atoms with Crippen molar-refractivity contribution in [3.63, 3.8) is 0 Å². The van der Waals surface area contributed by atoms with Gasteiger partial charge < -0.3 is 4.90 Å². The van der Waals surface area contributed by atoms with Crippen LogP contribution in [0.15, 0.2) is 35.2 Å². The van der Waals surface area contributed by atoms with Crippen LogP contribution >= 0.6 is 0 Å². The Morgan fingerprint density at radius 1 is 1.23 bits per heavy atom. The maximum atomic E-state index is 12.9. The molecule has 138 valence electrons. The van der Waals surface area contributed by atoms with Crippen LogP contribution in [0.5, 0.6) is 0 Å². The topological polar surface area (TPSA) is 101 Å². The van der Waals surface area contributed by atoms with E-state index >= 15 is 0 Å². The molecule has 1 atom stereocenters. The van der Waals surface area contributed by atoms with Gasteiger partial charge in [-0.2, -0.15) is 0 Å². The van der Waals surface area contributed by atoms with Crippen LogP contribution in [0.2, 0.25) is 0 Å². The lowest BCUT2D eigenvalue weighted by molar-refractivity contribution is 0.0994. The predicted molar refractivity (Wildman–Crippen MR) is 98.7 cm³/mol. The summed E-state index contributed by atoms with van der Waals surface area (Å²) in [7, 11) is -7.10. The summed E-state index contributed by atoms with van der Waals surface area (Å²) in [6, 6.07) is 7.53. The first-order valence-corrected chi connectivity index (χ1v) is 11.6. The van der Waals surface area contributed by atoms with Crippen LogP contribution in [0.25, 0.3) is 10.8 Å². The first-order valence-electron chi connectivity index (χ1n) is 8.34. The van der Waals surface area contributed by atoms with E-state index in [1.807, 2.05) is 6.92 Å². The summed E-state index contributed by atoms with van der Waals surface area (Å²) in [5.41, 5.74) is 1.19. The second-order valence-electron chi connectivity index (χ2n) is 6.58. The first kappa shape index (κ1) is 17.4. The standard InChI is InChI=1S/C17H18N2O5S2/c1-2-19-14-6-7-15(12-4-3-5-13(16(12)14)17(19)20)26(23,24)18-11-8-9-25(21,22)10-11/h3-7,11,18H,2,8-10H2,1H3. The van der Waals surface area contributed by atoms with Crippen LogP contribution in [0.1, 0.15) is 23.7 Å². The molecule has 4 rings (SSSR count). The zero-order valence-corrected chi connectivity index (χ0v) is 15.7. The van der Waals surface area contributed by atoms with E-state index in [4.69, 9.17) is 0 Å². The van der Waals surface area contributed by atoms with E-state index in [0.29, 0.717) is 28.6 Å². The average Bonchev–Trinajstić information content (AvgIpc) is 3.05. The SMILES string of the molecule is CCN1C(=O)c2cccc3c(S(=O)(=O)NC4CCS(=O)(=O)C4)ccc1c23. The molecule has 0 aliphatic carbocycles. The lowest BCUT2D eigenvalue weighted by Gasteiger charge is -2.16. The Bertz CT molecular complexity index is 1140. The van der Waals surface area contributed by atoms with Gasteiger partial charge in [0.2, 0.25) is 10.0 Å². The molecule has 1 fully saturated rings. The highest BCUT2D eigenvalue weighted by atomic mass is 32.2. The number of nitrogens with zero attached hydrogens (tertiary/aromatic N) is 1. The van der Waals surface area contributed by atoms with Gasteiger partial charge in [-0.15, -0.1) is 0 Å². The lowest BCUT2D eigenvalue weighted by Crippen LogP contribution is -2.35. The van der Waals surface area contributed by atoms with Gasteiger partial charge in [0, 0.05) is 28.9 Å². The fourth-order valence-corrected chi connectivity index (χ4v) is 6.99. The Balaban J connectivity index is 1.82. The van der Waals surface area contributed by atoms with Crippen molar-refractivity contribution in [2.75, 3.05) is 23.0 Å². The molecule has 2 heterocycles. The van der Waals surface area contributed by atoms with E-state index in [2.05, 4.69) is 4.72 Å². The van der Waals surface area contributed by atoms with Gasteiger partial charge in [0.1, 0.15) is 0 Å². The Morgan fingerprint density at radius 3 is 2.65 bits per heavy atom. The molecule has 26 heavy (non-hydrogen) atoms. The molecule has 1 N–H and O–H groups in total. The Kier molecular flexibility index (Phi) is 3.87. The third kappa shape index (κ3) is 2.62. The molecule has 0 spiro atoms. The molecule has 0 bridgehead atoms. The molecule has 1 unspecified atom stereocenters. The number of hydrogen-bond donors (Lipinski definition) is 1. The molecule has 0 radical (unpaired) electrons. The van der Waals surface area contributed by atoms with Crippen LogP contribution in [0.4, 0.5) is 5.69 Å². The smallest absolute Gasteiger partial charge is 0.258 e. The lowest BCUT2D eigenvalue weighted by atomic mass is 10.1. The van der Waals surface area contributed by atoms with Crippen LogP contribution in [-0.4, -0.2) is 46.8 Å². The fourth-order valence-electron chi connectivity index (χ4n) is 3.74. The van der Waals surface area contributed by atoms with Crippen molar-refractivity contribution >= 4 is 42.2 Å². The summed E-state index contributed by atoms with van der Waals surface area (Å²) in [6.07, 6.45) is 0.269. The number of anilines is 1. The highest BCUT2D eigenvalue weighted by Gasteiger charge is 2.34. The van der Waals surface area contributed by atoms with Gasteiger partial charge in [-0.25, -0.2) is 21.6 Å². The van der Waals surface area contributed by atoms with Crippen molar-refractivity contribution in [3.8, 4) is 0 Å². The molecule has 2 aromatic carbocycles. The van der Waals surface area contributed by atoms with E-state index in [1.165, 1.54) is 6.07 Å². The molecular weight excluding hydrogens is 376 g/mol. The van der Waals surface area contributed by atoms with Crippen molar-refractivity contribution in [2.24, 2.45) is 0 Å². The monoisotopic (exact) mass is 394 g/mol. The molecule has 1 saturated heterocycles. The number of rotatable bonds is 4. The second-order valence-corrected chi connectivity index (χ2v) is 10.5. The third-order valence-electron chi connectivity index (χ3n) is 4.90.